The monoisotopic (exact) mass is 269 g/mol. The summed E-state index contributed by atoms with van der Waals surface area (Å²) in [6.07, 6.45) is 1.44. The number of aromatic nitrogens is 3. The van der Waals surface area contributed by atoms with Crippen LogP contribution < -0.4 is 4.74 Å². The molecule has 6 nitrogen and oxygen atoms in total. The minimum atomic E-state index is -0.995. The van der Waals surface area contributed by atoms with Crippen molar-refractivity contribution in [2.45, 2.75) is 0 Å². The molecule has 20 heavy (non-hydrogen) atoms. The molecule has 0 spiro atoms. The second-order valence-electron chi connectivity index (χ2n) is 4.19. The number of methoxy groups -OCH3 is 1. The second-order valence-corrected chi connectivity index (χ2v) is 4.19. The molecule has 1 N–H and O–H groups in total. The summed E-state index contributed by atoms with van der Waals surface area (Å²) in [6, 6.07) is 10.5. The summed E-state index contributed by atoms with van der Waals surface area (Å²) in [6.45, 7) is 0. The zero-order valence-corrected chi connectivity index (χ0v) is 10.6. The van der Waals surface area contributed by atoms with Crippen molar-refractivity contribution in [1.29, 1.82) is 0 Å². The van der Waals surface area contributed by atoms with E-state index in [0.29, 0.717) is 17.2 Å². The Balaban J connectivity index is 2.10. The third-order valence-corrected chi connectivity index (χ3v) is 2.91. The number of benzene rings is 1. The molecule has 0 saturated carbocycles. The molecular weight excluding hydrogens is 258 g/mol. The maximum absolute atomic E-state index is 10.9. The molecule has 0 saturated heterocycles. The molecule has 1 aromatic carbocycles. The number of nitrogens with zero attached hydrogens (tertiary/aromatic N) is 3. The Morgan fingerprint density at radius 3 is 2.90 bits per heavy atom. The van der Waals surface area contributed by atoms with Gasteiger partial charge in [-0.05, 0) is 24.3 Å². The first-order chi connectivity index (χ1) is 9.67. The van der Waals surface area contributed by atoms with Gasteiger partial charge < -0.3 is 9.84 Å². The quantitative estimate of drug-likeness (QED) is 0.788. The number of rotatable bonds is 3. The van der Waals surface area contributed by atoms with Crippen LogP contribution in [0.5, 0.6) is 5.75 Å². The summed E-state index contributed by atoms with van der Waals surface area (Å²) in [5, 5.41) is 13.2. The topological polar surface area (TPSA) is 76.7 Å². The van der Waals surface area contributed by atoms with Gasteiger partial charge >= 0.3 is 5.97 Å². The molecule has 2 aromatic heterocycles. The lowest BCUT2D eigenvalue weighted by Gasteiger charge is -2.00. The van der Waals surface area contributed by atoms with Gasteiger partial charge in [-0.2, -0.15) is 0 Å². The van der Waals surface area contributed by atoms with Gasteiger partial charge in [0.25, 0.3) is 0 Å². The van der Waals surface area contributed by atoms with E-state index in [0.717, 1.165) is 5.56 Å². The molecule has 0 aliphatic heterocycles. The van der Waals surface area contributed by atoms with Crippen LogP contribution in [-0.2, 0) is 0 Å². The van der Waals surface area contributed by atoms with Crippen LogP contribution in [-0.4, -0.2) is 32.8 Å². The van der Waals surface area contributed by atoms with Crippen molar-refractivity contribution in [3.8, 4) is 17.1 Å². The Morgan fingerprint density at radius 2 is 2.15 bits per heavy atom. The third kappa shape index (κ3) is 2.07. The Bertz CT molecular complexity index is 795. The first-order valence-corrected chi connectivity index (χ1v) is 5.91. The van der Waals surface area contributed by atoms with Crippen LogP contribution in [0, 0.1) is 0 Å². The fraction of sp³-hybridized carbons (Fsp3) is 0.0714. The molecule has 0 radical (unpaired) electrons. The number of ether oxygens (including phenoxy) is 1. The molecule has 6 heteroatoms. The second kappa shape index (κ2) is 4.65. The van der Waals surface area contributed by atoms with Crippen LogP contribution in [0.4, 0.5) is 0 Å². The van der Waals surface area contributed by atoms with E-state index in [9.17, 15) is 4.79 Å². The summed E-state index contributed by atoms with van der Waals surface area (Å²) in [4.78, 5) is 15.3. The molecule has 0 aliphatic carbocycles. The van der Waals surface area contributed by atoms with Crippen molar-refractivity contribution in [2.75, 3.05) is 7.11 Å². The van der Waals surface area contributed by atoms with Gasteiger partial charge in [-0.25, -0.2) is 14.3 Å². The summed E-state index contributed by atoms with van der Waals surface area (Å²) in [5.74, 6) is 0.240. The highest BCUT2D eigenvalue weighted by atomic mass is 16.5. The molecule has 0 fully saturated rings. The first-order valence-electron chi connectivity index (χ1n) is 5.91. The molecule has 0 amide bonds. The van der Waals surface area contributed by atoms with E-state index in [1.165, 1.54) is 16.8 Å². The number of carboxylic acids is 1. The van der Waals surface area contributed by atoms with Crippen LogP contribution in [0.25, 0.3) is 17.0 Å². The summed E-state index contributed by atoms with van der Waals surface area (Å²) in [7, 11) is 1.59. The molecule has 2 heterocycles. The highest BCUT2D eigenvalue weighted by Gasteiger charge is 2.09. The SMILES string of the molecule is COc1cccc(-c2nc3ccc(C(=O)O)cn3n2)c1. The predicted molar refractivity (Wildman–Crippen MR) is 71.9 cm³/mol. The third-order valence-electron chi connectivity index (χ3n) is 2.91. The normalized spacial score (nSPS) is 10.7. The summed E-state index contributed by atoms with van der Waals surface area (Å²) >= 11 is 0. The smallest absolute Gasteiger partial charge is 0.337 e. The van der Waals surface area contributed by atoms with Crippen LogP contribution in [0.3, 0.4) is 0 Å². The molecule has 0 bridgehead atoms. The van der Waals surface area contributed by atoms with Crippen molar-refractivity contribution < 1.29 is 14.6 Å². The number of carboxylic acid groups (broad SMARTS) is 1. The fourth-order valence-corrected chi connectivity index (χ4v) is 1.89. The van der Waals surface area contributed by atoms with Gasteiger partial charge in [0.15, 0.2) is 11.5 Å². The number of hydrogen-bond donors (Lipinski definition) is 1. The lowest BCUT2D eigenvalue weighted by molar-refractivity contribution is 0.0696. The van der Waals surface area contributed by atoms with Gasteiger partial charge in [0.05, 0.1) is 12.7 Å². The Labute approximate surface area is 114 Å². The summed E-state index contributed by atoms with van der Waals surface area (Å²) in [5.41, 5.74) is 1.57. The molecule has 0 aliphatic rings. The Hall–Kier alpha value is -2.89. The van der Waals surface area contributed by atoms with Crippen molar-refractivity contribution in [1.82, 2.24) is 14.6 Å². The molecule has 3 aromatic rings. The molecule has 3 rings (SSSR count). The molecule has 0 unspecified atom stereocenters. The average Bonchev–Trinajstić information content (AvgIpc) is 2.90. The van der Waals surface area contributed by atoms with Crippen LogP contribution in [0.2, 0.25) is 0 Å². The lowest BCUT2D eigenvalue weighted by Crippen LogP contribution is -1.99. The van der Waals surface area contributed by atoms with Gasteiger partial charge in [0, 0.05) is 11.8 Å². The zero-order valence-electron chi connectivity index (χ0n) is 10.6. The van der Waals surface area contributed by atoms with Crippen LogP contribution >= 0.6 is 0 Å². The van der Waals surface area contributed by atoms with E-state index < -0.39 is 5.97 Å². The largest absolute Gasteiger partial charge is 0.497 e. The van der Waals surface area contributed by atoms with Gasteiger partial charge in [0.2, 0.25) is 0 Å². The van der Waals surface area contributed by atoms with E-state index in [2.05, 4.69) is 10.1 Å². The molecule has 0 atom stereocenters. The average molecular weight is 269 g/mol. The zero-order chi connectivity index (χ0) is 14.1. The maximum Gasteiger partial charge on any atom is 0.337 e. The minimum absolute atomic E-state index is 0.166. The van der Waals surface area contributed by atoms with Gasteiger partial charge in [-0.15, -0.1) is 5.10 Å². The van der Waals surface area contributed by atoms with Gasteiger partial charge in [-0.3, -0.25) is 0 Å². The Morgan fingerprint density at radius 1 is 1.30 bits per heavy atom. The molecular formula is C14H11N3O3. The number of carbonyl (C=O) groups is 1. The number of fused-ring (bicyclic) bond motifs is 1. The van der Waals surface area contributed by atoms with Crippen LogP contribution in [0.15, 0.2) is 42.6 Å². The van der Waals surface area contributed by atoms with Crippen molar-refractivity contribution in [2.24, 2.45) is 0 Å². The number of hydrogen-bond acceptors (Lipinski definition) is 4. The van der Waals surface area contributed by atoms with Crippen molar-refractivity contribution in [3.05, 3.63) is 48.2 Å². The van der Waals surface area contributed by atoms with Crippen molar-refractivity contribution >= 4 is 11.6 Å². The highest BCUT2D eigenvalue weighted by molar-refractivity contribution is 5.87. The number of pyridine rings is 1. The predicted octanol–water partition coefficient (Wildman–Crippen LogP) is 2.10. The number of aromatic carboxylic acids is 1. The van der Waals surface area contributed by atoms with Gasteiger partial charge in [-0.1, -0.05) is 12.1 Å². The van der Waals surface area contributed by atoms with E-state index in [1.807, 2.05) is 24.3 Å². The van der Waals surface area contributed by atoms with E-state index in [-0.39, 0.29) is 5.56 Å². The fourth-order valence-electron chi connectivity index (χ4n) is 1.89. The minimum Gasteiger partial charge on any atom is -0.497 e. The van der Waals surface area contributed by atoms with Crippen molar-refractivity contribution in [3.63, 3.8) is 0 Å². The summed E-state index contributed by atoms with van der Waals surface area (Å²) < 4.78 is 6.62. The van der Waals surface area contributed by atoms with Crippen LogP contribution in [0.1, 0.15) is 10.4 Å². The van der Waals surface area contributed by atoms with E-state index in [4.69, 9.17) is 9.84 Å². The van der Waals surface area contributed by atoms with Gasteiger partial charge in [0.1, 0.15) is 5.75 Å². The lowest BCUT2D eigenvalue weighted by atomic mass is 10.2. The standard InChI is InChI=1S/C14H11N3O3/c1-20-11-4-2-3-9(7-11)13-15-12-6-5-10(14(18)19)8-17(12)16-13/h2-8H,1H3,(H,18,19). The Kier molecular flexibility index (Phi) is 2.83. The van der Waals surface area contributed by atoms with E-state index >= 15 is 0 Å². The highest BCUT2D eigenvalue weighted by Crippen LogP contribution is 2.21. The molecule has 100 valence electrons. The first kappa shape index (κ1) is 12.2. The maximum atomic E-state index is 10.9. The van der Waals surface area contributed by atoms with E-state index in [1.54, 1.807) is 13.2 Å².